The molecule has 0 aliphatic carbocycles. The van der Waals surface area contributed by atoms with Gasteiger partial charge in [0.2, 0.25) is 5.91 Å². The first-order valence-corrected chi connectivity index (χ1v) is 8.44. The van der Waals surface area contributed by atoms with Gasteiger partial charge >= 0.3 is 0 Å². The number of piperazine rings is 1. The van der Waals surface area contributed by atoms with Crippen LogP contribution < -0.4 is 9.64 Å². The molecule has 0 saturated carbocycles. The van der Waals surface area contributed by atoms with Crippen molar-refractivity contribution in [2.24, 2.45) is 0 Å². The van der Waals surface area contributed by atoms with Crippen LogP contribution in [-0.4, -0.2) is 37.0 Å². The predicted molar refractivity (Wildman–Crippen MR) is 96.4 cm³/mol. The summed E-state index contributed by atoms with van der Waals surface area (Å²) in [6.45, 7) is 5.59. The lowest BCUT2D eigenvalue weighted by Crippen LogP contribution is -2.55. The molecule has 0 aromatic heterocycles. The minimum absolute atomic E-state index is 0.00241. The first-order valence-electron chi connectivity index (χ1n) is 8.44. The zero-order chi connectivity index (χ0) is 18.0. The largest absolute Gasteiger partial charge is 0.497 e. The third-order valence-electron chi connectivity index (χ3n) is 4.77. The SMILES string of the molecule is COc1cccc(CN2CCN(c3ccc(C)c(F)c3)C(=O)C2C)c1. The summed E-state index contributed by atoms with van der Waals surface area (Å²) in [5, 5.41) is 0. The van der Waals surface area contributed by atoms with Crippen molar-refractivity contribution in [1.29, 1.82) is 0 Å². The van der Waals surface area contributed by atoms with Crippen molar-refractivity contribution in [3.63, 3.8) is 0 Å². The van der Waals surface area contributed by atoms with E-state index in [1.54, 1.807) is 31.1 Å². The number of anilines is 1. The maximum Gasteiger partial charge on any atom is 0.244 e. The van der Waals surface area contributed by atoms with E-state index in [1.165, 1.54) is 6.07 Å². The number of amides is 1. The average Bonchev–Trinajstić information content (AvgIpc) is 2.62. The van der Waals surface area contributed by atoms with Crippen LogP contribution in [0.3, 0.4) is 0 Å². The third-order valence-corrected chi connectivity index (χ3v) is 4.77. The molecule has 1 atom stereocenters. The Morgan fingerprint density at radius 3 is 2.72 bits per heavy atom. The van der Waals surface area contributed by atoms with Crippen LogP contribution in [0.25, 0.3) is 0 Å². The van der Waals surface area contributed by atoms with Gasteiger partial charge in [-0.25, -0.2) is 4.39 Å². The zero-order valence-corrected chi connectivity index (χ0v) is 14.8. The van der Waals surface area contributed by atoms with Crippen LogP contribution in [0.1, 0.15) is 18.1 Å². The number of carbonyl (C=O) groups excluding carboxylic acids is 1. The van der Waals surface area contributed by atoms with E-state index >= 15 is 0 Å². The first kappa shape index (κ1) is 17.4. The zero-order valence-electron chi connectivity index (χ0n) is 14.8. The lowest BCUT2D eigenvalue weighted by atomic mass is 10.1. The monoisotopic (exact) mass is 342 g/mol. The van der Waals surface area contributed by atoms with Gasteiger partial charge in [0, 0.05) is 25.3 Å². The Morgan fingerprint density at radius 1 is 1.20 bits per heavy atom. The smallest absolute Gasteiger partial charge is 0.244 e. The summed E-state index contributed by atoms with van der Waals surface area (Å²) in [4.78, 5) is 16.6. The van der Waals surface area contributed by atoms with Gasteiger partial charge in [-0.1, -0.05) is 18.2 Å². The first-order chi connectivity index (χ1) is 12.0. The van der Waals surface area contributed by atoms with Crippen molar-refractivity contribution >= 4 is 11.6 Å². The van der Waals surface area contributed by atoms with Crippen molar-refractivity contribution in [3.05, 3.63) is 59.4 Å². The minimum Gasteiger partial charge on any atom is -0.497 e. The van der Waals surface area contributed by atoms with Crippen LogP contribution in [0.4, 0.5) is 10.1 Å². The number of rotatable bonds is 4. The van der Waals surface area contributed by atoms with Crippen molar-refractivity contribution in [2.45, 2.75) is 26.4 Å². The molecule has 3 rings (SSSR count). The fourth-order valence-electron chi connectivity index (χ4n) is 3.14. The van der Waals surface area contributed by atoms with Crippen molar-refractivity contribution in [1.82, 2.24) is 4.90 Å². The van der Waals surface area contributed by atoms with Gasteiger partial charge in [0.25, 0.3) is 0 Å². The molecule has 1 saturated heterocycles. The molecule has 1 heterocycles. The van der Waals surface area contributed by atoms with Gasteiger partial charge in [-0.05, 0) is 49.2 Å². The Kier molecular flexibility index (Phi) is 5.04. The lowest BCUT2D eigenvalue weighted by Gasteiger charge is -2.39. The molecule has 0 spiro atoms. The Morgan fingerprint density at radius 2 is 2.00 bits per heavy atom. The molecule has 4 nitrogen and oxygen atoms in total. The summed E-state index contributed by atoms with van der Waals surface area (Å²) in [6.07, 6.45) is 0. The van der Waals surface area contributed by atoms with E-state index in [0.717, 1.165) is 17.9 Å². The topological polar surface area (TPSA) is 32.8 Å². The highest BCUT2D eigenvalue weighted by molar-refractivity contribution is 5.97. The lowest BCUT2D eigenvalue weighted by molar-refractivity contribution is -0.125. The number of benzene rings is 2. The Balaban J connectivity index is 1.73. The van der Waals surface area contributed by atoms with E-state index in [1.807, 2.05) is 31.2 Å². The van der Waals surface area contributed by atoms with Gasteiger partial charge in [-0.15, -0.1) is 0 Å². The molecule has 132 valence electrons. The molecule has 0 N–H and O–H groups in total. The highest BCUT2D eigenvalue weighted by Gasteiger charge is 2.32. The van der Waals surface area contributed by atoms with Gasteiger partial charge in [0.15, 0.2) is 0 Å². The molecule has 1 aliphatic heterocycles. The van der Waals surface area contributed by atoms with E-state index in [9.17, 15) is 9.18 Å². The minimum atomic E-state index is -0.281. The number of methoxy groups -OCH3 is 1. The van der Waals surface area contributed by atoms with Crippen molar-refractivity contribution in [2.75, 3.05) is 25.1 Å². The second-order valence-electron chi connectivity index (χ2n) is 6.42. The van der Waals surface area contributed by atoms with Gasteiger partial charge in [-0.3, -0.25) is 9.69 Å². The molecule has 1 fully saturated rings. The van der Waals surface area contributed by atoms with E-state index < -0.39 is 0 Å². The number of hydrogen-bond donors (Lipinski definition) is 0. The normalized spacial score (nSPS) is 18.5. The van der Waals surface area contributed by atoms with Crippen molar-refractivity contribution < 1.29 is 13.9 Å². The number of carbonyl (C=O) groups is 1. The second-order valence-corrected chi connectivity index (χ2v) is 6.42. The van der Waals surface area contributed by atoms with Crippen LogP contribution in [0.2, 0.25) is 0 Å². The molecule has 1 amide bonds. The van der Waals surface area contributed by atoms with Gasteiger partial charge in [-0.2, -0.15) is 0 Å². The predicted octanol–water partition coefficient (Wildman–Crippen LogP) is 3.38. The number of aryl methyl sites for hydroxylation is 1. The van der Waals surface area contributed by atoms with Gasteiger partial charge in [0.05, 0.1) is 13.2 Å². The third kappa shape index (κ3) is 3.66. The summed E-state index contributed by atoms with van der Waals surface area (Å²) in [5.74, 6) is 0.527. The van der Waals surface area contributed by atoms with Crippen LogP contribution in [-0.2, 0) is 11.3 Å². The van der Waals surface area contributed by atoms with E-state index in [-0.39, 0.29) is 17.8 Å². The molecule has 0 radical (unpaired) electrons. The summed E-state index contributed by atoms with van der Waals surface area (Å²) >= 11 is 0. The van der Waals surface area contributed by atoms with Crippen LogP contribution >= 0.6 is 0 Å². The molecule has 2 aromatic rings. The van der Waals surface area contributed by atoms with Crippen LogP contribution in [0.5, 0.6) is 5.75 Å². The Hall–Kier alpha value is -2.40. The molecule has 25 heavy (non-hydrogen) atoms. The summed E-state index contributed by atoms with van der Waals surface area (Å²) < 4.78 is 19.1. The summed E-state index contributed by atoms with van der Waals surface area (Å²) in [7, 11) is 1.64. The summed E-state index contributed by atoms with van der Waals surface area (Å²) in [6, 6.07) is 12.6. The Bertz CT molecular complexity index is 778. The van der Waals surface area contributed by atoms with Gasteiger partial charge in [0.1, 0.15) is 11.6 Å². The quantitative estimate of drug-likeness (QED) is 0.854. The molecular weight excluding hydrogens is 319 g/mol. The molecule has 5 heteroatoms. The molecule has 1 aliphatic rings. The Labute approximate surface area is 147 Å². The van der Waals surface area contributed by atoms with E-state index in [4.69, 9.17) is 4.74 Å². The number of hydrogen-bond acceptors (Lipinski definition) is 3. The second kappa shape index (κ2) is 7.23. The number of halogens is 1. The number of nitrogens with zero attached hydrogens (tertiary/aromatic N) is 2. The van der Waals surface area contributed by atoms with E-state index in [2.05, 4.69) is 4.90 Å². The maximum absolute atomic E-state index is 13.8. The van der Waals surface area contributed by atoms with E-state index in [0.29, 0.717) is 24.3 Å². The fourth-order valence-corrected chi connectivity index (χ4v) is 3.14. The highest BCUT2D eigenvalue weighted by Crippen LogP contribution is 2.24. The molecule has 0 bridgehead atoms. The van der Waals surface area contributed by atoms with Crippen molar-refractivity contribution in [3.8, 4) is 5.75 Å². The highest BCUT2D eigenvalue weighted by atomic mass is 19.1. The maximum atomic E-state index is 13.8. The standard InChI is InChI=1S/C20H23FN2O2/c1-14-7-8-17(12-19(14)21)23-10-9-22(15(2)20(23)24)13-16-5-4-6-18(11-16)25-3/h4-8,11-12,15H,9-10,13H2,1-3H3. The average molecular weight is 342 g/mol. The fraction of sp³-hybridized carbons (Fsp3) is 0.350. The van der Waals surface area contributed by atoms with Gasteiger partial charge < -0.3 is 9.64 Å². The number of ether oxygens (including phenoxy) is 1. The van der Waals surface area contributed by atoms with Crippen LogP contribution in [0.15, 0.2) is 42.5 Å². The summed E-state index contributed by atoms with van der Waals surface area (Å²) in [5.41, 5.74) is 2.32. The molecule has 1 unspecified atom stereocenters. The van der Waals surface area contributed by atoms with Crippen LogP contribution in [0, 0.1) is 12.7 Å². The molecular formula is C20H23FN2O2. The molecule has 2 aromatic carbocycles.